The van der Waals surface area contributed by atoms with Gasteiger partial charge >= 0.3 is 6.03 Å². The maximum atomic E-state index is 12.1. The number of carbonyl (C=O) groups excluding carboxylic acids is 5. The number of amides is 6. The largest absolute Gasteiger partial charge is 0.381 e. The number of carbonyl (C=O) groups is 5. The van der Waals surface area contributed by atoms with Gasteiger partial charge in [-0.1, -0.05) is 78.8 Å². The maximum Gasteiger partial charge on any atom is 0.314 e. The van der Waals surface area contributed by atoms with Crippen molar-refractivity contribution < 1.29 is 33.8 Å². The minimum absolute atomic E-state index is 0.0386. The summed E-state index contributed by atoms with van der Waals surface area (Å²) < 4.78 is 4.90. The first-order chi connectivity index (χ1) is 49.4. The highest BCUT2D eigenvalue weighted by molar-refractivity contribution is 6.33. The van der Waals surface area contributed by atoms with Crippen LogP contribution in [0, 0.1) is 5.92 Å². The van der Waals surface area contributed by atoms with Gasteiger partial charge in [0, 0.05) is 231 Å². The van der Waals surface area contributed by atoms with Crippen LogP contribution in [-0.4, -0.2) is 260 Å². The molecule has 548 valence electrons. The summed E-state index contributed by atoms with van der Waals surface area (Å²) in [5.41, 5.74) is 13.9. The van der Waals surface area contributed by atoms with Gasteiger partial charge in [-0.2, -0.15) is 25.5 Å². The number of primary amides is 1. The van der Waals surface area contributed by atoms with Crippen LogP contribution in [0.25, 0.3) is 54.5 Å². The molecule has 0 spiro atoms. The number of anilines is 5. The van der Waals surface area contributed by atoms with Gasteiger partial charge in [0.05, 0.1) is 58.6 Å². The summed E-state index contributed by atoms with van der Waals surface area (Å²) in [5, 5.41) is 53.5. The number of methoxy groups -OCH3 is 1. The Hall–Kier alpha value is -9.03. The van der Waals surface area contributed by atoms with Gasteiger partial charge in [-0.3, -0.25) is 44.7 Å². The van der Waals surface area contributed by atoms with E-state index >= 15 is 0 Å². The van der Waals surface area contributed by atoms with E-state index in [1.165, 1.54) is 21.0 Å². The number of urea groups is 1. The summed E-state index contributed by atoms with van der Waals surface area (Å²) >= 11 is 30.8. The summed E-state index contributed by atoms with van der Waals surface area (Å²) in [6.07, 6.45) is 9.61. The molecule has 15 rings (SSSR count). The van der Waals surface area contributed by atoms with Gasteiger partial charge in [-0.05, 0) is 74.5 Å². The Bertz CT molecular complexity index is 4590. The molecule has 6 amide bonds. The molecule has 5 saturated heterocycles. The summed E-state index contributed by atoms with van der Waals surface area (Å²) in [5.74, 6) is 0.324. The number of fused-ring (bicyclic) bond motifs is 5. The van der Waals surface area contributed by atoms with Crippen LogP contribution in [0.4, 0.5) is 33.2 Å². The summed E-state index contributed by atoms with van der Waals surface area (Å²) in [4.78, 5) is 79.0. The molecule has 5 aliphatic heterocycles. The number of nitrogens with two attached hydrogens (primary N) is 1. The summed E-state index contributed by atoms with van der Waals surface area (Å²) in [6, 6.07) is 18.7. The third-order valence-electron chi connectivity index (χ3n) is 18.8. The van der Waals surface area contributed by atoms with E-state index in [4.69, 9.17) is 68.5 Å². The second-order valence-electron chi connectivity index (χ2n) is 26.4. The highest BCUT2D eigenvalue weighted by Crippen LogP contribution is 2.36. The molecule has 5 fully saturated rings. The molecule has 0 radical (unpaired) electrons. The zero-order chi connectivity index (χ0) is 73.2. The predicted octanol–water partition coefficient (Wildman–Crippen LogP) is 9.36. The van der Waals surface area contributed by atoms with Crippen molar-refractivity contribution in [2.75, 3.05) is 169 Å². The molecular weight excluding hydrogens is 1420 g/mol. The Morgan fingerprint density at radius 3 is 0.922 bits per heavy atom. The molecule has 5 aliphatic rings. The Labute approximate surface area is 620 Å². The normalized spacial score (nSPS) is 16.0. The van der Waals surface area contributed by atoms with E-state index in [0.29, 0.717) is 83.9 Å². The first-order valence-corrected chi connectivity index (χ1v) is 36.1. The third-order valence-corrected chi connectivity index (χ3v) is 19.9. The fourth-order valence-electron chi connectivity index (χ4n) is 13.4. The second-order valence-corrected chi connectivity index (χ2v) is 28.6. The number of H-pyrrole nitrogens is 5. The van der Waals surface area contributed by atoms with Crippen LogP contribution in [0.15, 0.2) is 91.6 Å². The number of hydrogen-bond donors (Lipinski definition) is 7. The van der Waals surface area contributed by atoms with Crippen LogP contribution in [-0.2, 0) is 23.9 Å². The number of nitrogens with zero attached hydrogens (tertiary/aromatic N) is 15. The second kappa shape index (κ2) is 33.6. The lowest BCUT2D eigenvalue weighted by molar-refractivity contribution is -0.148. The number of ether oxygens (including phenoxy) is 1. The molecule has 8 N–H and O–H groups in total. The van der Waals surface area contributed by atoms with Crippen molar-refractivity contribution in [3.63, 3.8) is 0 Å². The standard InChI is InChI=1S/C15H19ClN4O2.C15H19ClN4O.C14H17ClN4O2.C14H17ClN4O.C12H14ClN5O/c1-15(2,22)14(21)20-5-3-19(4-6-20)13-8-10(16)7-12-11(13)9-17-18-12;1-10(2)15(21)20-5-3-19(4-6-20)14-8-11(16)7-13-12(14)9-17-18-13;1-21-9-14(20)19-4-2-18(3-5-19)13-7-10(15)6-12-11(13)8-16-17-12;1-2-14(20)19-5-3-18(4-6-19)13-8-10(15)7-12-11(13)9-16-17-12;13-8-5-10-9(7-15-16-10)11(6-8)17-1-3-18(4-2-17)12(14)19/h7-9,22H,3-6H2,1-2H3,(H,17,18);7-10H,3-6H2,1-2H3,(H,17,18);6-8H,2-5,9H2,1H3,(H,16,17);7-9H,2-6H2,1H3,(H,16,17);5-7H,1-4H2,(H2,14,19)(H,15,16). The fraction of sp³-hybridized carbons (Fsp3) is 0.429. The minimum atomic E-state index is -1.32. The number of benzene rings is 5. The van der Waals surface area contributed by atoms with Crippen molar-refractivity contribution in [1.82, 2.24) is 75.5 Å². The van der Waals surface area contributed by atoms with E-state index < -0.39 is 5.60 Å². The molecule has 10 heterocycles. The van der Waals surface area contributed by atoms with Gasteiger partial charge < -0.3 is 64.6 Å². The lowest BCUT2D eigenvalue weighted by atomic mass is 10.1. The van der Waals surface area contributed by atoms with E-state index in [2.05, 4.69) is 75.5 Å². The fourth-order valence-corrected chi connectivity index (χ4v) is 14.4. The van der Waals surface area contributed by atoms with E-state index in [9.17, 15) is 29.1 Å². The van der Waals surface area contributed by atoms with Gasteiger partial charge in [-0.25, -0.2) is 4.79 Å². The molecule has 0 atom stereocenters. The number of halogens is 5. The number of aliphatic hydroxyl groups is 1. The van der Waals surface area contributed by atoms with Crippen molar-refractivity contribution in [2.24, 2.45) is 11.7 Å². The molecule has 0 aliphatic carbocycles. The van der Waals surface area contributed by atoms with Crippen LogP contribution in [0.5, 0.6) is 0 Å². The zero-order valence-electron chi connectivity index (χ0n) is 58.4. The Morgan fingerprint density at radius 1 is 0.427 bits per heavy atom. The van der Waals surface area contributed by atoms with Crippen LogP contribution in [0.3, 0.4) is 0 Å². The average molecular weight is 1510 g/mol. The number of aromatic nitrogens is 10. The third kappa shape index (κ3) is 18.1. The van der Waals surface area contributed by atoms with Crippen LogP contribution in [0.1, 0.15) is 41.0 Å². The van der Waals surface area contributed by atoms with Gasteiger partial charge in [0.2, 0.25) is 17.7 Å². The highest BCUT2D eigenvalue weighted by atomic mass is 35.5. The number of piperazine rings is 5. The van der Waals surface area contributed by atoms with Crippen LogP contribution in [0.2, 0.25) is 25.1 Å². The molecular formula is C70H86Cl5N21O7. The van der Waals surface area contributed by atoms with Crippen molar-refractivity contribution in [1.29, 1.82) is 0 Å². The van der Waals surface area contributed by atoms with Crippen molar-refractivity contribution in [3.05, 3.63) is 117 Å². The average Bonchev–Trinajstić information content (AvgIpc) is 1.77. The summed E-state index contributed by atoms with van der Waals surface area (Å²) in [7, 11) is 1.54. The molecule has 5 aromatic heterocycles. The Morgan fingerprint density at radius 2 is 0.680 bits per heavy atom. The minimum Gasteiger partial charge on any atom is -0.381 e. The van der Waals surface area contributed by atoms with E-state index in [-0.39, 0.29) is 42.2 Å². The van der Waals surface area contributed by atoms with Gasteiger partial charge in [0.15, 0.2) is 0 Å². The van der Waals surface area contributed by atoms with Gasteiger partial charge in [0.1, 0.15) is 12.2 Å². The monoisotopic (exact) mass is 1510 g/mol. The molecule has 28 nitrogen and oxygen atoms in total. The molecule has 0 bridgehead atoms. The van der Waals surface area contributed by atoms with E-state index in [0.717, 1.165) is 161 Å². The van der Waals surface area contributed by atoms with E-state index in [1.807, 2.05) is 115 Å². The lowest BCUT2D eigenvalue weighted by Crippen LogP contribution is -2.54. The highest BCUT2D eigenvalue weighted by Gasteiger charge is 2.33. The molecule has 0 saturated carbocycles. The Kier molecular flexibility index (Phi) is 24.5. The maximum absolute atomic E-state index is 12.1. The lowest BCUT2D eigenvalue weighted by Gasteiger charge is -2.38. The quantitative estimate of drug-likeness (QED) is 0.0670. The SMILES string of the molecule is CC(C)(O)C(=O)N1CCN(c2cc(Cl)cc3[nH]ncc23)CC1.CC(C)C(=O)N1CCN(c2cc(Cl)cc3[nH]ncc23)CC1.CCC(=O)N1CCN(c2cc(Cl)cc3[nH]ncc23)CC1.COCC(=O)N1CCN(c2cc(Cl)cc3[nH]ncc23)CC1.NC(=O)N1CCN(c2cc(Cl)cc3[nH]ncc23)CC1. The van der Waals surface area contributed by atoms with Crippen LogP contribution >= 0.6 is 58.0 Å². The van der Waals surface area contributed by atoms with Gasteiger partial charge in [0.25, 0.3) is 5.91 Å². The van der Waals surface area contributed by atoms with E-state index in [1.54, 1.807) is 22.2 Å². The number of nitrogens with one attached hydrogen (secondary N) is 5. The number of rotatable bonds is 10. The topological polar surface area (TPSA) is 317 Å². The molecule has 33 heteroatoms. The molecule has 10 aromatic rings. The molecule has 103 heavy (non-hydrogen) atoms. The number of hydrogen-bond acceptors (Lipinski definition) is 17. The first-order valence-electron chi connectivity index (χ1n) is 34.2. The van der Waals surface area contributed by atoms with Crippen molar-refractivity contribution >= 4 is 171 Å². The predicted molar refractivity (Wildman–Crippen MR) is 407 cm³/mol. The Balaban J connectivity index is 0.000000129. The van der Waals surface area contributed by atoms with Gasteiger partial charge in [-0.15, -0.1) is 0 Å². The van der Waals surface area contributed by atoms with Crippen molar-refractivity contribution in [3.8, 4) is 0 Å². The number of aromatic amines is 5. The molecule has 0 unspecified atom stereocenters. The summed E-state index contributed by atoms with van der Waals surface area (Å²) in [6.45, 7) is 23.5. The smallest absolute Gasteiger partial charge is 0.314 e. The van der Waals surface area contributed by atoms with Crippen molar-refractivity contribution in [2.45, 2.75) is 46.6 Å². The first kappa shape index (κ1) is 75.1. The molecule has 5 aromatic carbocycles. The van der Waals surface area contributed by atoms with Crippen LogP contribution < -0.4 is 30.2 Å². The zero-order valence-corrected chi connectivity index (χ0v) is 62.1.